The Morgan fingerprint density at radius 1 is 1.27 bits per heavy atom. The summed E-state index contributed by atoms with van der Waals surface area (Å²) in [6.45, 7) is 4.36. The SMILES string of the molecule is CCOC(CCNC(=NC)NCCc1noc(-c2ccccn2)n1)C1CCCC1.I. The molecule has 1 atom stereocenters. The van der Waals surface area contributed by atoms with Crippen LogP contribution in [-0.2, 0) is 11.2 Å². The molecule has 0 amide bonds. The van der Waals surface area contributed by atoms with Crippen molar-refractivity contribution in [1.29, 1.82) is 0 Å². The number of pyridine rings is 1. The second kappa shape index (κ2) is 13.5. The van der Waals surface area contributed by atoms with Crippen LogP contribution >= 0.6 is 24.0 Å². The second-order valence-electron chi connectivity index (χ2n) is 7.23. The van der Waals surface area contributed by atoms with E-state index >= 15 is 0 Å². The zero-order valence-corrected chi connectivity index (χ0v) is 20.2. The van der Waals surface area contributed by atoms with Crippen LogP contribution in [0.15, 0.2) is 33.9 Å². The number of guanidine groups is 1. The fourth-order valence-corrected chi connectivity index (χ4v) is 3.79. The van der Waals surface area contributed by atoms with Gasteiger partial charge in [0.2, 0.25) is 0 Å². The molecule has 0 saturated heterocycles. The van der Waals surface area contributed by atoms with Gasteiger partial charge < -0.3 is 19.9 Å². The van der Waals surface area contributed by atoms with Crippen LogP contribution in [0.25, 0.3) is 11.6 Å². The number of hydrogen-bond acceptors (Lipinski definition) is 6. The van der Waals surface area contributed by atoms with E-state index in [-0.39, 0.29) is 24.0 Å². The predicted molar refractivity (Wildman–Crippen MR) is 128 cm³/mol. The lowest BCUT2D eigenvalue weighted by atomic mass is 9.98. The minimum absolute atomic E-state index is 0. The highest BCUT2D eigenvalue weighted by Gasteiger charge is 2.25. The van der Waals surface area contributed by atoms with Gasteiger partial charge in [-0.3, -0.25) is 9.98 Å². The molecule has 0 aromatic carbocycles. The van der Waals surface area contributed by atoms with E-state index in [1.807, 2.05) is 18.2 Å². The Balaban J connectivity index is 0.00000320. The molecule has 3 rings (SSSR count). The van der Waals surface area contributed by atoms with Gasteiger partial charge in [0, 0.05) is 39.4 Å². The lowest BCUT2D eigenvalue weighted by Gasteiger charge is -2.24. The number of rotatable bonds is 10. The summed E-state index contributed by atoms with van der Waals surface area (Å²) in [7, 11) is 1.78. The molecular weight excluding hydrogens is 495 g/mol. The molecule has 8 nitrogen and oxygen atoms in total. The molecule has 2 aromatic rings. The standard InChI is InChI=1S/C21H32N6O2.HI/c1-3-28-18(16-8-4-5-9-16)11-14-24-21(22-2)25-15-12-19-26-20(29-27-19)17-10-6-7-13-23-17;/h6-7,10,13,16,18H,3-5,8-9,11-12,14-15H2,1-2H3,(H2,22,24,25);1H. The van der Waals surface area contributed by atoms with Gasteiger partial charge in [0.25, 0.3) is 5.89 Å². The topological polar surface area (TPSA) is 97.5 Å². The average molecular weight is 528 g/mol. The minimum Gasteiger partial charge on any atom is -0.378 e. The van der Waals surface area contributed by atoms with Crippen LogP contribution in [0.3, 0.4) is 0 Å². The Kier molecular flexibility index (Phi) is 11.1. The highest BCUT2D eigenvalue weighted by atomic mass is 127. The van der Waals surface area contributed by atoms with E-state index in [1.54, 1.807) is 13.2 Å². The highest BCUT2D eigenvalue weighted by molar-refractivity contribution is 14.0. The van der Waals surface area contributed by atoms with Gasteiger partial charge in [-0.05, 0) is 44.2 Å². The van der Waals surface area contributed by atoms with Crippen LogP contribution in [0.2, 0.25) is 0 Å². The first-order chi connectivity index (χ1) is 14.3. The summed E-state index contributed by atoms with van der Waals surface area (Å²) in [6, 6.07) is 5.60. The van der Waals surface area contributed by atoms with Crippen molar-refractivity contribution in [3.8, 4) is 11.6 Å². The van der Waals surface area contributed by atoms with Crippen LogP contribution in [-0.4, -0.2) is 53.9 Å². The summed E-state index contributed by atoms with van der Waals surface area (Å²) >= 11 is 0. The molecule has 2 N–H and O–H groups in total. The van der Waals surface area contributed by atoms with Crippen LogP contribution in [0.4, 0.5) is 0 Å². The Morgan fingerprint density at radius 2 is 2.07 bits per heavy atom. The third kappa shape index (κ3) is 7.50. The molecule has 30 heavy (non-hydrogen) atoms. The fourth-order valence-electron chi connectivity index (χ4n) is 3.79. The third-order valence-electron chi connectivity index (χ3n) is 5.24. The molecule has 1 fully saturated rings. The molecule has 0 spiro atoms. The lowest BCUT2D eigenvalue weighted by molar-refractivity contribution is 0.0169. The molecule has 2 heterocycles. The van der Waals surface area contributed by atoms with Gasteiger partial charge in [0.05, 0.1) is 6.10 Å². The lowest BCUT2D eigenvalue weighted by Crippen LogP contribution is -2.40. The van der Waals surface area contributed by atoms with E-state index in [9.17, 15) is 0 Å². The average Bonchev–Trinajstić information content (AvgIpc) is 3.45. The van der Waals surface area contributed by atoms with Crippen molar-refractivity contribution in [3.05, 3.63) is 30.2 Å². The molecule has 0 bridgehead atoms. The van der Waals surface area contributed by atoms with Crippen LogP contribution in [0, 0.1) is 5.92 Å². The molecule has 1 unspecified atom stereocenters. The Bertz CT molecular complexity index is 749. The molecule has 9 heteroatoms. The van der Waals surface area contributed by atoms with Crippen molar-refractivity contribution in [1.82, 2.24) is 25.8 Å². The van der Waals surface area contributed by atoms with Crippen molar-refractivity contribution >= 4 is 29.9 Å². The van der Waals surface area contributed by atoms with E-state index in [0.29, 0.717) is 42.4 Å². The summed E-state index contributed by atoms with van der Waals surface area (Å²) in [5, 5.41) is 10.7. The molecule has 0 radical (unpaired) electrons. The summed E-state index contributed by atoms with van der Waals surface area (Å²) in [4.78, 5) is 12.9. The Hall–Kier alpha value is -1.75. The maximum absolute atomic E-state index is 5.99. The van der Waals surface area contributed by atoms with E-state index in [0.717, 1.165) is 25.5 Å². The normalized spacial score (nSPS) is 15.6. The molecule has 1 saturated carbocycles. The Labute approximate surface area is 195 Å². The first-order valence-electron chi connectivity index (χ1n) is 10.6. The number of aliphatic imine (C=N–C) groups is 1. The minimum atomic E-state index is 0. The van der Waals surface area contributed by atoms with Gasteiger partial charge in [-0.1, -0.05) is 24.1 Å². The van der Waals surface area contributed by atoms with Gasteiger partial charge in [0.1, 0.15) is 5.69 Å². The number of nitrogens with one attached hydrogen (secondary N) is 2. The van der Waals surface area contributed by atoms with Crippen LogP contribution in [0.5, 0.6) is 0 Å². The summed E-state index contributed by atoms with van der Waals surface area (Å²) in [5.41, 5.74) is 0.683. The third-order valence-corrected chi connectivity index (χ3v) is 5.24. The van der Waals surface area contributed by atoms with Crippen molar-refractivity contribution in [2.45, 2.75) is 51.6 Å². The zero-order chi connectivity index (χ0) is 20.3. The number of nitrogens with zero attached hydrogens (tertiary/aromatic N) is 4. The summed E-state index contributed by atoms with van der Waals surface area (Å²) < 4.78 is 11.3. The van der Waals surface area contributed by atoms with Crippen molar-refractivity contribution < 1.29 is 9.26 Å². The largest absolute Gasteiger partial charge is 0.378 e. The smallest absolute Gasteiger partial charge is 0.276 e. The maximum Gasteiger partial charge on any atom is 0.276 e. The highest BCUT2D eigenvalue weighted by Crippen LogP contribution is 2.30. The van der Waals surface area contributed by atoms with Gasteiger partial charge in [-0.15, -0.1) is 24.0 Å². The molecule has 0 aliphatic heterocycles. The maximum atomic E-state index is 5.99. The first-order valence-corrected chi connectivity index (χ1v) is 10.6. The molecule has 2 aromatic heterocycles. The van der Waals surface area contributed by atoms with E-state index < -0.39 is 0 Å². The molecule has 1 aliphatic rings. The van der Waals surface area contributed by atoms with Crippen molar-refractivity contribution in [2.75, 3.05) is 26.7 Å². The zero-order valence-electron chi connectivity index (χ0n) is 17.8. The van der Waals surface area contributed by atoms with Gasteiger partial charge in [0.15, 0.2) is 11.8 Å². The first kappa shape index (κ1) is 24.5. The molecule has 1 aliphatic carbocycles. The monoisotopic (exact) mass is 528 g/mol. The predicted octanol–water partition coefficient (Wildman–Crippen LogP) is 3.44. The van der Waals surface area contributed by atoms with Gasteiger partial charge in [-0.2, -0.15) is 4.98 Å². The summed E-state index contributed by atoms with van der Waals surface area (Å²) in [6.07, 6.45) is 8.95. The number of hydrogen-bond donors (Lipinski definition) is 2. The van der Waals surface area contributed by atoms with Gasteiger partial charge in [-0.25, -0.2) is 0 Å². The molecular formula is C21H33IN6O2. The number of aromatic nitrogens is 3. The fraction of sp³-hybridized carbons (Fsp3) is 0.619. The van der Waals surface area contributed by atoms with Crippen LogP contribution in [0.1, 0.15) is 44.9 Å². The van der Waals surface area contributed by atoms with Crippen molar-refractivity contribution in [2.24, 2.45) is 10.9 Å². The van der Waals surface area contributed by atoms with Gasteiger partial charge >= 0.3 is 0 Å². The van der Waals surface area contributed by atoms with E-state index in [4.69, 9.17) is 9.26 Å². The number of halogens is 1. The number of ether oxygens (including phenoxy) is 1. The van der Waals surface area contributed by atoms with E-state index in [2.05, 4.69) is 37.7 Å². The van der Waals surface area contributed by atoms with Crippen LogP contribution < -0.4 is 10.6 Å². The summed E-state index contributed by atoms with van der Waals surface area (Å²) in [5.74, 6) is 2.57. The second-order valence-corrected chi connectivity index (χ2v) is 7.23. The van der Waals surface area contributed by atoms with E-state index in [1.165, 1.54) is 25.7 Å². The quantitative estimate of drug-likeness (QED) is 0.277. The Morgan fingerprint density at radius 3 is 2.77 bits per heavy atom. The molecule has 166 valence electrons. The van der Waals surface area contributed by atoms with Crippen molar-refractivity contribution in [3.63, 3.8) is 0 Å².